The maximum atomic E-state index is 10.0. The van der Waals surface area contributed by atoms with Gasteiger partial charge in [0.15, 0.2) is 0 Å². The molecule has 68 valence electrons. The van der Waals surface area contributed by atoms with Crippen LogP contribution < -0.4 is 0 Å². The predicted molar refractivity (Wildman–Crippen MR) is 48.3 cm³/mol. The summed E-state index contributed by atoms with van der Waals surface area (Å²) in [7, 11) is 0. The van der Waals surface area contributed by atoms with Crippen molar-refractivity contribution in [2.45, 2.75) is 0 Å². The topological polar surface area (TPSA) is 94.9 Å². The Morgan fingerprint density at radius 3 is 2.00 bits per heavy atom. The first kappa shape index (κ1) is 13.5. The molecule has 5 nitrogen and oxygen atoms in total. The monoisotopic (exact) mass is 235 g/mol. The van der Waals surface area contributed by atoms with E-state index in [-0.39, 0.29) is 34.9 Å². The standard InChI is InChI=1S/C6H5NO3.AsH3.H2O/c8-6-3-1-5(2-4-6)7(9)10;;/h1-4,8H;1H3;1H2. The van der Waals surface area contributed by atoms with E-state index in [2.05, 4.69) is 0 Å². The molecule has 0 aliphatic carbocycles. The van der Waals surface area contributed by atoms with E-state index in [4.69, 9.17) is 5.11 Å². The van der Waals surface area contributed by atoms with Crippen molar-refractivity contribution >= 4 is 23.6 Å². The molecule has 0 saturated heterocycles. The van der Waals surface area contributed by atoms with Crippen LogP contribution in [0.1, 0.15) is 0 Å². The minimum absolute atomic E-state index is 0. The molecule has 1 aromatic carbocycles. The van der Waals surface area contributed by atoms with Crippen molar-refractivity contribution in [3.05, 3.63) is 34.4 Å². The Morgan fingerprint density at radius 1 is 1.25 bits per heavy atom. The maximum absolute atomic E-state index is 10.0. The molecule has 0 aromatic heterocycles. The average molecular weight is 235 g/mol. The number of non-ortho nitro benzene ring substituents is 1. The number of nitro benzene ring substituents is 1. The summed E-state index contributed by atoms with van der Waals surface area (Å²) in [6, 6.07) is 5.04. The van der Waals surface area contributed by atoms with Crippen molar-refractivity contribution in [3.8, 4) is 5.75 Å². The van der Waals surface area contributed by atoms with E-state index in [1.165, 1.54) is 24.3 Å². The van der Waals surface area contributed by atoms with Crippen LogP contribution in [0.15, 0.2) is 24.3 Å². The van der Waals surface area contributed by atoms with Crippen molar-refractivity contribution in [1.29, 1.82) is 0 Å². The van der Waals surface area contributed by atoms with Crippen molar-refractivity contribution in [2.24, 2.45) is 0 Å². The fourth-order valence-electron chi connectivity index (χ4n) is 0.574. The first-order valence-electron chi connectivity index (χ1n) is 2.63. The molecule has 0 aliphatic rings. The van der Waals surface area contributed by atoms with Crippen molar-refractivity contribution in [1.82, 2.24) is 0 Å². The van der Waals surface area contributed by atoms with E-state index in [0.717, 1.165) is 0 Å². The summed E-state index contributed by atoms with van der Waals surface area (Å²) in [4.78, 5) is 9.52. The van der Waals surface area contributed by atoms with Crippen LogP contribution in [0.3, 0.4) is 0 Å². The summed E-state index contributed by atoms with van der Waals surface area (Å²) in [5.41, 5.74) is -0.0159. The van der Waals surface area contributed by atoms with E-state index in [1.807, 2.05) is 0 Å². The van der Waals surface area contributed by atoms with Crippen molar-refractivity contribution < 1.29 is 15.5 Å². The Kier molecular flexibility index (Phi) is 6.28. The molecule has 12 heavy (non-hydrogen) atoms. The zero-order valence-corrected chi connectivity index (χ0v) is 9.19. The molecule has 6 heteroatoms. The summed E-state index contributed by atoms with van der Waals surface area (Å²) in [5, 5.41) is 18.8. The summed E-state index contributed by atoms with van der Waals surface area (Å²) in [6.45, 7) is 0. The van der Waals surface area contributed by atoms with Gasteiger partial charge in [0, 0.05) is 12.1 Å². The van der Waals surface area contributed by atoms with E-state index < -0.39 is 4.92 Å². The van der Waals surface area contributed by atoms with Gasteiger partial charge in [0.25, 0.3) is 5.69 Å². The van der Waals surface area contributed by atoms with Crippen LogP contribution in [0.4, 0.5) is 5.69 Å². The zero-order valence-electron chi connectivity index (χ0n) is 6.23. The molecular formula is C6H10AsNO4. The Hall–Kier alpha value is -1.06. The fraction of sp³-hybridized carbons (Fsp3) is 0. The second kappa shape index (κ2) is 5.57. The number of aromatic hydroxyl groups is 1. The van der Waals surface area contributed by atoms with E-state index in [0.29, 0.717) is 0 Å². The van der Waals surface area contributed by atoms with Gasteiger partial charge >= 0.3 is 18.0 Å². The molecule has 0 aliphatic heterocycles. The zero-order chi connectivity index (χ0) is 7.56. The third kappa shape index (κ3) is 3.36. The third-order valence-corrected chi connectivity index (χ3v) is 1.06. The molecule has 0 fully saturated rings. The average Bonchev–Trinajstić information content (AvgIpc) is 1.88. The summed E-state index contributed by atoms with van der Waals surface area (Å²) in [6.07, 6.45) is 0. The molecular weight excluding hydrogens is 225 g/mol. The SMILES string of the molecule is O.O=[N+]([O-])c1ccc(O)cc1.[AsH3]. The molecule has 1 atom stereocenters. The van der Waals surface area contributed by atoms with Gasteiger partial charge in [-0.1, -0.05) is 0 Å². The van der Waals surface area contributed by atoms with Gasteiger partial charge in [-0.05, 0) is 12.1 Å². The summed E-state index contributed by atoms with van der Waals surface area (Å²) in [5.74, 6) is 0.0330. The molecule has 0 spiro atoms. The number of rotatable bonds is 1. The summed E-state index contributed by atoms with van der Waals surface area (Å²) >= 11 is 0. The fourth-order valence-corrected chi connectivity index (χ4v) is 0.574. The minimum atomic E-state index is -0.514. The van der Waals surface area contributed by atoms with Crippen LogP contribution >= 0.6 is 0 Å². The van der Waals surface area contributed by atoms with Crippen LogP contribution in [0.25, 0.3) is 0 Å². The van der Waals surface area contributed by atoms with E-state index in [9.17, 15) is 10.1 Å². The molecule has 1 rings (SSSR count). The van der Waals surface area contributed by atoms with Gasteiger partial charge in [-0.3, -0.25) is 10.1 Å². The Labute approximate surface area is 79.8 Å². The number of nitrogens with zero attached hydrogens (tertiary/aromatic N) is 1. The van der Waals surface area contributed by atoms with Crippen LogP contribution in [-0.2, 0) is 0 Å². The van der Waals surface area contributed by atoms with Crippen molar-refractivity contribution in [2.75, 3.05) is 0 Å². The number of nitro groups is 1. The molecule has 0 amide bonds. The molecule has 1 aromatic rings. The van der Waals surface area contributed by atoms with Crippen LogP contribution in [0, 0.1) is 10.1 Å². The van der Waals surface area contributed by atoms with Gasteiger partial charge in [0.1, 0.15) is 5.75 Å². The van der Waals surface area contributed by atoms with Gasteiger partial charge < -0.3 is 10.6 Å². The number of hydrogen-bond donors (Lipinski definition) is 1. The number of benzene rings is 1. The van der Waals surface area contributed by atoms with Crippen LogP contribution in [-0.4, -0.2) is 33.5 Å². The summed E-state index contributed by atoms with van der Waals surface area (Å²) < 4.78 is 0. The first-order valence-corrected chi connectivity index (χ1v) is 2.63. The van der Waals surface area contributed by atoms with Gasteiger partial charge in [-0.15, -0.1) is 0 Å². The van der Waals surface area contributed by atoms with Gasteiger partial charge in [-0.2, -0.15) is 0 Å². The van der Waals surface area contributed by atoms with Gasteiger partial charge in [0.2, 0.25) is 0 Å². The molecule has 3 N–H and O–H groups in total. The third-order valence-electron chi connectivity index (χ3n) is 1.06. The van der Waals surface area contributed by atoms with Crippen LogP contribution in [0.2, 0.25) is 0 Å². The molecule has 0 saturated carbocycles. The Morgan fingerprint density at radius 2 is 1.67 bits per heavy atom. The van der Waals surface area contributed by atoms with E-state index in [1.54, 1.807) is 0 Å². The number of hydrogen-bond acceptors (Lipinski definition) is 3. The number of phenols is 1. The first-order chi connectivity index (χ1) is 4.70. The second-order valence-corrected chi connectivity index (χ2v) is 1.77. The van der Waals surface area contributed by atoms with E-state index >= 15 is 0 Å². The molecule has 1 unspecified atom stereocenters. The molecule has 0 radical (unpaired) electrons. The predicted octanol–water partition coefficient (Wildman–Crippen LogP) is -0.708. The number of phenolic OH excluding ortho intramolecular Hbond substituents is 1. The quantitative estimate of drug-likeness (QED) is 0.395. The van der Waals surface area contributed by atoms with Gasteiger partial charge in [0.05, 0.1) is 4.92 Å². The normalized spacial score (nSPS) is 7.67. The Bertz CT molecular complexity index is 248. The second-order valence-electron chi connectivity index (χ2n) is 1.77. The molecule has 0 heterocycles. The Balaban J connectivity index is 0. The van der Waals surface area contributed by atoms with Crippen LogP contribution in [0.5, 0.6) is 5.75 Å². The van der Waals surface area contributed by atoms with Crippen molar-refractivity contribution in [3.63, 3.8) is 0 Å². The molecule has 0 bridgehead atoms. The van der Waals surface area contributed by atoms with Gasteiger partial charge in [-0.25, -0.2) is 0 Å².